The second kappa shape index (κ2) is 79.5. The van der Waals surface area contributed by atoms with Crippen LogP contribution in [0.5, 0.6) is 0 Å². The van der Waals surface area contributed by atoms with Crippen molar-refractivity contribution in [2.24, 2.45) is 51.6 Å². The maximum Gasteiger partial charge on any atom is 0.00748 e. The van der Waals surface area contributed by atoms with Gasteiger partial charge < -0.3 is 62.2 Å². The van der Waals surface area contributed by atoms with E-state index in [1.54, 1.807) is 23.5 Å². The Balaban J connectivity index is -0.0000000743. The molecule has 0 saturated carbocycles. The Morgan fingerprint density at radius 1 is 0.465 bits per heavy atom. The van der Waals surface area contributed by atoms with Crippen molar-refractivity contribution in [1.82, 2.24) is 10.6 Å². The molecule has 0 atom stereocenters. The molecular weight excluding hydrogens is 730 g/mol. The summed E-state index contributed by atoms with van der Waals surface area (Å²) in [6.07, 6.45) is 1.24. The Labute approximate surface area is 303 Å². The molecule has 0 aromatic carbocycles. The monoisotopic (exact) mass is 801 g/mol. The number of thiol groups is 1. The highest BCUT2D eigenvalue weighted by molar-refractivity contribution is 9.09. The molecule has 0 amide bonds. The standard InChI is InChI=1S/2C6H17N3S.2C4H12N2S.C3H7Br.C2H7NS.ClH/c2*7-1-3-9-4-6-10-5-2-8;2*5-1-3-7-4-2-6;1-2-3-4;3-1-2-4;/h2*9H,1-8H2;2*1-6H2;2-3H2,1H3;4H,1-3H2;1H. The zero-order valence-electron chi connectivity index (χ0n) is 27.0. The number of halogens is 2. The van der Waals surface area contributed by atoms with Crippen LogP contribution in [-0.4, -0.2) is 142 Å². The van der Waals surface area contributed by atoms with E-state index in [0.717, 1.165) is 136 Å². The van der Waals surface area contributed by atoms with Gasteiger partial charge in [-0.25, -0.2) is 0 Å². The van der Waals surface area contributed by atoms with Gasteiger partial charge in [-0.2, -0.15) is 59.7 Å². The van der Waals surface area contributed by atoms with Gasteiger partial charge in [-0.05, 0) is 6.42 Å². The second-order valence-corrected chi connectivity index (χ2v) is 13.6. The fourth-order valence-electron chi connectivity index (χ4n) is 1.65. The van der Waals surface area contributed by atoms with Crippen molar-refractivity contribution in [2.75, 3.05) is 142 Å². The minimum Gasteiger partial charge on any atom is -0.330 e. The first-order valence-electron chi connectivity index (χ1n) is 14.7. The Bertz CT molecular complexity index is 304. The largest absolute Gasteiger partial charge is 0.330 e. The molecule has 0 saturated heterocycles. The lowest BCUT2D eigenvalue weighted by molar-refractivity contribution is 0.729. The van der Waals surface area contributed by atoms with Crippen molar-refractivity contribution in [3.8, 4) is 0 Å². The summed E-state index contributed by atoms with van der Waals surface area (Å²) in [4.78, 5) is 0. The lowest BCUT2D eigenvalue weighted by Gasteiger charge is -2.00. The van der Waals surface area contributed by atoms with Crippen LogP contribution in [0.15, 0.2) is 0 Å². The maximum absolute atomic E-state index is 5.31. The van der Waals surface area contributed by atoms with Crippen LogP contribution >= 0.6 is 88.0 Å². The number of rotatable bonds is 24. The van der Waals surface area contributed by atoms with Gasteiger partial charge in [0.2, 0.25) is 0 Å². The summed E-state index contributed by atoms with van der Waals surface area (Å²) in [6, 6.07) is 0. The molecule has 0 aliphatic carbocycles. The third-order valence-corrected chi connectivity index (χ3v) is 8.56. The van der Waals surface area contributed by atoms with E-state index in [-0.39, 0.29) is 12.4 Å². The highest BCUT2D eigenvalue weighted by Gasteiger charge is 1.87. The molecule has 0 heterocycles. The van der Waals surface area contributed by atoms with Crippen LogP contribution < -0.4 is 62.2 Å². The van der Waals surface area contributed by atoms with Crippen molar-refractivity contribution in [3.05, 3.63) is 0 Å². The molecule has 0 aromatic rings. The summed E-state index contributed by atoms with van der Waals surface area (Å²) in [6.45, 7) is 12.8. The van der Waals surface area contributed by atoms with Crippen LogP contribution in [-0.2, 0) is 0 Å². The molecule has 0 unspecified atom stereocenters. The SMILES string of the molecule is CCCBr.Cl.NCCNCCSCCN.NCCNCCSCCN.NCCS.NCCSCCN.NCCSCCN. The quantitative estimate of drug-likeness (QED) is 0.0343. The summed E-state index contributed by atoms with van der Waals surface area (Å²) in [7, 11) is 0. The smallest absolute Gasteiger partial charge is 0.00748 e. The van der Waals surface area contributed by atoms with E-state index in [1.165, 1.54) is 6.42 Å². The van der Waals surface area contributed by atoms with Crippen molar-refractivity contribution >= 4 is 88.0 Å². The molecule has 20 N–H and O–H groups in total. The normalized spacial score (nSPS) is 9.21. The van der Waals surface area contributed by atoms with Gasteiger partial charge >= 0.3 is 0 Å². The third-order valence-electron chi connectivity index (χ3n) is 3.38. The summed E-state index contributed by atoms with van der Waals surface area (Å²) < 4.78 is 0. The van der Waals surface area contributed by atoms with Crippen molar-refractivity contribution in [1.29, 1.82) is 0 Å². The van der Waals surface area contributed by atoms with Gasteiger partial charge in [0.25, 0.3) is 0 Å². The fourth-order valence-corrected chi connectivity index (χ4v) is 4.04. The first kappa shape index (κ1) is 60.4. The molecule has 0 fully saturated rings. The van der Waals surface area contributed by atoms with E-state index in [9.17, 15) is 0 Å². The number of nitrogens with two attached hydrogens (primary N) is 9. The van der Waals surface area contributed by atoms with Gasteiger partial charge in [0.05, 0.1) is 0 Å². The minimum atomic E-state index is 0. The van der Waals surface area contributed by atoms with E-state index in [2.05, 4.69) is 46.1 Å². The second-order valence-electron chi connectivity index (χ2n) is 7.46. The summed E-state index contributed by atoms with van der Waals surface area (Å²) in [5.41, 5.74) is 47.0. The van der Waals surface area contributed by atoms with Gasteiger partial charge in [-0.3, -0.25) is 0 Å². The third kappa shape index (κ3) is 115. The molecule has 11 nitrogen and oxygen atoms in total. The summed E-state index contributed by atoms with van der Waals surface area (Å²) >= 11 is 14.4. The molecule has 0 rings (SSSR count). The molecule has 0 aliphatic heterocycles. The Morgan fingerprint density at radius 2 is 0.698 bits per heavy atom. The predicted molar refractivity (Wildman–Crippen MR) is 222 cm³/mol. The minimum absolute atomic E-state index is 0. The first-order chi connectivity index (χ1) is 20.5. The maximum atomic E-state index is 5.31. The van der Waals surface area contributed by atoms with E-state index in [4.69, 9.17) is 51.6 Å². The van der Waals surface area contributed by atoms with Crippen molar-refractivity contribution in [2.45, 2.75) is 13.3 Å². The molecular formula is C25H73BrClN11S5. The van der Waals surface area contributed by atoms with E-state index in [0.29, 0.717) is 6.54 Å². The molecule has 272 valence electrons. The number of alkyl halides is 1. The van der Waals surface area contributed by atoms with Crippen LogP contribution in [0.25, 0.3) is 0 Å². The van der Waals surface area contributed by atoms with E-state index in [1.807, 2.05) is 23.5 Å². The van der Waals surface area contributed by atoms with Gasteiger partial charge in [-0.15, -0.1) is 12.4 Å². The number of hydrogen-bond acceptors (Lipinski definition) is 16. The molecule has 0 bridgehead atoms. The van der Waals surface area contributed by atoms with Gasteiger partial charge in [0, 0.05) is 142 Å². The Kier molecular flexibility index (Phi) is 112. The molecule has 18 heteroatoms. The zero-order valence-corrected chi connectivity index (χ0v) is 33.6. The molecule has 0 spiro atoms. The Morgan fingerprint density at radius 3 is 0.860 bits per heavy atom. The highest BCUT2D eigenvalue weighted by Crippen LogP contribution is 1.95. The number of hydrogen-bond donors (Lipinski definition) is 12. The fraction of sp³-hybridized carbons (Fsp3) is 1.00. The van der Waals surface area contributed by atoms with Gasteiger partial charge in [-0.1, -0.05) is 22.9 Å². The molecule has 43 heavy (non-hydrogen) atoms. The van der Waals surface area contributed by atoms with Gasteiger partial charge in [0.15, 0.2) is 0 Å². The van der Waals surface area contributed by atoms with Crippen LogP contribution in [0.2, 0.25) is 0 Å². The molecule has 0 aromatic heterocycles. The van der Waals surface area contributed by atoms with Crippen LogP contribution in [0.4, 0.5) is 0 Å². The van der Waals surface area contributed by atoms with Gasteiger partial charge in [0.1, 0.15) is 0 Å². The average Bonchev–Trinajstić information content (AvgIpc) is 3.02. The number of thioether (sulfide) groups is 4. The first-order valence-corrected chi connectivity index (χ1v) is 21.1. The predicted octanol–water partition coefficient (Wildman–Crippen LogP) is -0.185. The number of nitrogens with one attached hydrogen (secondary N) is 2. The van der Waals surface area contributed by atoms with E-state index < -0.39 is 0 Å². The summed E-state index contributed by atoms with van der Waals surface area (Å²) in [5.74, 6) is 9.34. The summed E-state index contributed by atoms with van der Waals surface area (Å²) in [5, 5.41) is 7.55. The van der Waals surface area contributed by atoms with Crippen LogP contribution in [0, 0.1) is 0 Å². The lowest BCUT2D eigenvalue weighted by atomic mass is 10.6. The lowest BCUT2D eigenvalue weighted by Crippen LogP contribution is -2.24. The van der Waals surface area contributed by atoms with Crippen LogP contribution in [0.1, 0.15) is 13.3 Å². The van der Waals surface area contributed by atoms with Crippen molar-refractivity contribution < 1.29 is 0 Å². The molecule has 0 aliphatic rings. The highest BCUT2D eigenvalue weighted by atomic mass is 79.9. The zero-order chi connectivity index (χ0) is 33.2. The van der Waals surface area contributed by atoms with Crippen LogP contribution in [0.3, 0.4) is 0 Å². The van der Waals surface area contributed by atoms with Crippen molar-refractivity contribution in [3.63, 3.8) is 0 Å². The average molecular weight is 804 g/mol. The van der Waals surface area contributed by atoms with E-state index >= 15 is 0 Å². The topological polar surface area (TPSA) is 258 Å². The Hall–Kier alpha value is 2.08. The molecule has 0 radical (unpaired) electrons.